The Balaban J connectivity index is 1.56. The summed E-state index contributed by atoms with van der Waals surface area (Å²) in [5.41, 5.74) is 3.43. The molecule has 0 fully saturated rings. The molecule has 0 aliphatic rings. The minimum atomic E-state index is -0.850. The zero-order valence-electron chi connectivity index (χ0n) is 16.6. The summed E-state index contributed by atoms with van der Waals surface area (Å²) in [6.07, 6.45) is 0.209. The van der Waals surface area contributed by atoms with Gasteiger partial charge >= 0.3 is 0 Å². The second-order valence-electron chi connectivity index (χ2n) is 7.09. The number of aryl methyl sites for hydroxylation is 1. The fourth-order valence-electron chi connectivity index (χ4n) is 2.90. The molecule has 29 heavy (non-hydrogen) atoms. The van der Waals surface area contributed by atoms with Gasteiger partial charge in [0.15, 0.2) is 11.6 Å². The zero-order valence-corrected chi connectivity index (χ0v) is 17.4. The van der Waals surface area contributed by atoms with Gasteiger partial charge in [0.05, 0.1) is 12.1 Å². The van der Waals surface area contributed by atoms with Gasteiger partial charge in [0.1, 0.15) is 5.01 Å². The molecule has 2 aromatic carbocycles. The van der Waals surface area contributed by atoms with Crippen molar-refractivity contribution in [3.63, 3.8) is 0 Å². The summed E-state index contributed by atoms with van der Waals surface area (Å²) in [5.74, 6) is -1.81. The molecular formula is C22H23F2N3OS. The molecular weight excluding hydrogens is 392 g/mol. The average molecular weight is 416 g/mol. The van der Waals surface area contributed by atoms with Crippen LogP contribution in [0, 0.1) is 18.6 Å². The highest BCUT2D eigenvalue weighted by Crippen LogP contribution is 2.23. The van der Waals surface area contributed by atoms with Crippen molar-refractivity contribution in [2.24, 2.45) is 0 Å². The van der Waals surface area contributed by atoms with E-state index in [4.69, 9.17) is 0 Å². The molecule has 1 amide bonds. The maximum absolute atomic E-state index is 13.5. The van der Waals surface area contributed by atoms with Gasteiger partial charge < -0.3 is 5.32 Å². The number of halogens is 2. The second-order valence-corrected chi connectivity index (χ2v) is 8.03. The van der Waals surface area contributed by atoms with Crippen molar-refractivity contribution in [3.8, 4) is 0 Å². The number of carbonyl (C=O) groups is 1. The molecule has 3 rings (SSSR count). The van der Waals surface area contributed by atoms with E-state index < -0.39 is 11.6 Å². The first-order valence-electron chi connectivity index (χ1n) is 9.27. The molecule has 7 heteroatoms. The van der Waals surface area contributed by atoms with Gasteiger partial charge in [0.2, 0.25) is 5.91 Å². The minimum absolute atomic E-state index is 0.111. The van der Waals surface area contributed by atoms with Crippen LogP contribution in [0.1, 0.15) is 34.8 Å². The van der Waals surface area contributed by atoms with Crippen LogP contribution in [0.4, 0.5) is 14.5 Å². The predicted molar refractivity (Wildman–Crippen MR) is 112 cm³/mol. The third kappa shape index (κ3) is 5.68. The van der Waals surface area contributed by atoms with Crippen molar-refractivity contribution in [2.75, 3.05) is 12.4 Å². The smallest absolute Gasteiger partial charge is 0.231 e. The van der Waals surface area contributed by atoms with Crippen molar-refractivity contribution in [3.05, 3.63) is 81.3 Å². The highest BCUT2D eigenvalue weighted by atomic mass is 32.1. The summed E-state index contributed by atoms with van der Waals surface area (Å²) in [7, 11) is 1.90. The van der Waals surface area contributed by atoms with Crippen molar-refractivity contribution in [1.82, 2.24) is 9.88 Å². The first kappa shape index (κ1) is 21.1. The summed E-state index contributed by atoms with van der Waals surface area (Å²) in [5, 5.41) is 5.52. The Hall–Kier alpha value is -2.64. The molecule has 0 spiro atoms. The molecule has 0 radical (unpaired) electrons. The number of carbonyl (C=O) groups excluding carboxylic acids is 1. The lowest BCUT2D eigenvalue weighted by atomic mass is 10.1. The van der Waals surface area contributed by atoms with E-state index in [2.05, 4.69) is 10.3 Å². The van der Waals surface area contributed by atoms with Crippen molar-refractivity contribution in [1.29, 1.82) is 0 Å². The van der Waals surface area contributed by atoms with Crippen LogP contribution < -0.4 is 5.32 Å². The SMILES string of the molecule is Cc1ccc(NC(=O)Cc2nc(CN(C)C(C)c3ccc(F)c(F)c3)cs2)cc1. The molecule has 1 N–H and O–H groups in total. The van der Waals surface area contributed by atoms with Crippen LogP contribution in [0.2, 0.25) is 0 Å². The van der Waals surface area contributed by atoms with E-state index in [0.717, 1.165) is 28.0 Å². The monoisotopic (exact) mass is 415 g/mol. The standard InChI is InChI=1S/C22H23F2N3OS/c1-14-4-7-17(8-5-14)25-21(28)11-22-26-18(13-29-22)12-27(3)15(2)16-6-9-19(23)20(24)10-16/h4-10,13,15H,11-12H2,1-3H3,(H,25,28). The second kappa shape index (κ2) is 9.24. The Bertz CT molecular complexity index is 988. The summed E-state index contributed by atoms with van der Waals surface area (Å²) >= 11 is 1.44. The van der Waals surface area contributed by atoms with Gasteiger partial charge in [-0.05, 0) is 50.7 Å². The van der Waals surface area contributed by atoms with E-state index in [1.807, 2.05) is 55.4 Å². The lowest BCUT2D eigenvalue weighted by molar-refractivity contribution is -0.115. The topological polar surface area (TPSA) is 45.2 Å². The summed E-state index contributed by atoms with van der Waals surface area (Å²) in [6.45, 7) is 4.46. The van der Waals surface area contributed by atoms with Crippen molar-refractivity contribution in [2.45, 2.75) is 32.9 Å². The maximum Gasteiger partial charge on any atom is 0.231 e. The van der Waals surface area contributed by atoms with Crippen LogP contribution in [0.5, 0.6) is 0 Å². The van der Waals surface area contributed by atoms with Crippen LogP contribution in [0.15, 0.2) is 47.8 Å². The lowest BCUT2D eigenvalue weighted by Gasteiger charge is -2.24. The Morgan fingerprint density at radius 1 is 1.17 bits per heavy atom. The number of amides is 1. The van der Waals surface area contributed by atoms with Crippen LogP contribution in [-0.4, -0.2) is 22.8 Å². The quantitative estimate of drug-likeness (QED) is 0.584. The number of rotatable bonds is 7. The molecule has 0 bridgehead atoms. The van der Waals surface area contributed by atoms with Gasteiger partial charge in [-0.1, -0.05) is 23.8 Å². The molecule has 1 aromatic heterocycles. The molecule has 4 nitrogen and oxygen atoms in total. The number of aromatic nitrogens is 1. The van der Waals surface area contributed by atoms with E-state index >= 15 is 0 Å². The molecule has 1 heterocycles. The summed E-state index contributed by atoms with van der Waals surface area (Å²) in [4.78, 5) is 18.8. The average Bonchev–Trinajstić information content (AvgIpc) is 3.11. The fourth-order valence-corrected chi connectivity index (χ4v) is 3.69. The predicted octanol–water partition coefficient (Wildman–Crippen LogP) is 5.10. The van der Waals surface area contributed by atoms with Crippen LogP contribution in [0.3, 0.4) is 0 Å². The van der Waals surface area contributed by atoms with Gasteiger partial charge in [-0.15, -0.1) is 11.3 Å². The first-order chi connectivity index (χ1) is 13.8. The minimum Gasteiger partial charge on any atom is -0.326 e. The number of nitrogens with zero attached hydrogens (tertiary/aromatic N) is 2. The molecule has 0 aliphatic heterocycles. The van der Waals surface area contributed by atoms with Gasteiger partial charge in [-0.25, -0.2) is 13.8 Å². The van der Waals surface area contributed by atoms with E-state index in [0.29, 0.717) is 12.1 Å². The highest BCUT2D eigenvalue weighted by Gasteiger charge is 2.16. The van der Waals surface area contributed by atoms with Gasteiger partial charge in [0, 0.05) is 23.7 Å². The molecule has 1 unspecified atom stereocenters. The Kier molecular flexibility index (Phi) is 6.71. The third-order valence-electron chi connectivity index (χ3n) is 4.75. The van der Waals surface area contributed by atoms with Gasteiger partial charge in [0.25, 0.3) is 0 Å². The van der Waals surface area contributed by atoms with E-state index in [9.17, 15) is 13.6 Å². The van der Waals surface area contributed by atoms with Crippen LogP contribution in [-0.2, 0) is 17.8 Å². The Morgan fingerprint density at radius 3 is 2.59 bits per heavy atom. The zero-order chi connectivity index (χ0) is 21.0. The molecule has 3 aromatic rings. The van der Waals surface area contributed by atoms with E-state index in [1.54, 1.807) is 6.07 Å². The Morgan fingerprint density at radius 2 is 1.90 bits per heavy atom. The maximum atomic E-state index is 13.5. The summed E-state index contributed by atoms with van der Waals surface area (Å²) in [6, 6.07) is 11.5. The highest BCUT2D eigenvalue weighted by molar-refractivity contribution is 7.09. The van der Waals surface area contributed by atoms with Crippen LogP contribution in [0.25, 0.3) is 0 Å². The van der Waals surface area contributed by atoms with Gasteiger partial charge in [-0.3, -0.25) is 9.69 Å². The molecule has 0 saturated carbocycles. The molecule has 0 aliphatic carbocycles. The number of hydrogen-bond acceptors (Lipinski definition) is 4. The molecule has 152 valence electrons. The van der Waals surface area contributed by atoms with Crippen LogP contribution >= 0.6 is 11.3 Å². The first-order valence-corrected chi connectivity index (χ1v) is 10.1. The third-order valence-corrected chi connectivity index (χ3v) is 5.64. The number of anilines is 1. The lowest BCUT2D eigenvalue weighted by Crippen LogP contribution is -2.22. The summed E-state index contributed by atoms with van der Waals surface area (Å²) < 4.78 is 26.6. The van der Waals surface area contributed by atoms with Crippen molar-refractivity contribution < 1.29 is 13.6 Å². The largest absolute Gasteiger partial charge is 0.326 e. The Labute approximate surface area is 173 Å². The normalized spacial score (nSPS) is 12.2. The number of thiazole rings is 1. The van der Waals surface area contributed by atoms with E-state index in [1.165, 1.54) is 17.4 Å². The molecule has 1 atom stereocenters. The molecule has 0 saturated heterocycles. The number of hydrogen-bond donors (Lipinski definition) is 1. The van der Waals surface area contributed by atoms with Gasteiger partial charge in [-0.2, -0.15) is 0 Å². The number of benzene rings is 2. The van der Waals surface area contributed by atoms with Crippen molar-refractivity contribution >= 4 is 22.9 Å². The van der Waals surface area contributed by atoms with E-state index in [-0.39, 0.29) is 18.4 Å². The number of nitrogens with one attached hydrogen (secondary N) is 1. The fraction of sp³-hybridized carbons (Fsp3) is 0.273.